The van der Waals surface area contributed by atoms with Crippen LogP contribution in [0.5, 0.6) is 5.75 Å². The number of piperazine rings is 1. The summed E-state index contributed by atoms with van der Waals surface area (Å²) in [5.74, 6) is -0.319. The number of ether oxygens (including phenoxy) is 1. The van der Waals surface area contributed by atoms with Gasteiger partial charge in [-0.05, 0) is 38.1 Å². The van der Waals surface area contributed by atoms with Crippen molar-refractivity contribution in [3.05, 3.63) is 48.2 Å². The molecule has 2 aromatic carbocycles. The van der Waals surface area contributed by atoms with Gasteiger partial charge in [0, 0.05) is 49.5 Å². The number of carbonyl (C=O) groups is 1. The highest BCUT2D eigenvalue weighted by atomic mass is 32.2. The number of carbonyl (C=O) groups excluding carboxylic acids is 1. The van der Waals surface area contributed by atoms with E-state index in [2.05, 4.69) is 25.5 Å². The summed E-state index contributed by atoms with van der Waals surface area (Å²) in [6, 6.07) is 8.38. The first-order valence-corrected chi connectivity index (χ1v) is 13.1. The van der Waals surface area contributed by atoms with Crippen molar-refractivity contribution in [1.82, 2.24) is 15.3 Å². The lowest BCUT2D eigenvalue weighted by atomic mass is 10.1. The number of amides is 1. The first kappa shape index (κ1) is 25.2. The summed E-state index contributed by atoms with van der Waals surface area (Å²) in [5, 5.41) is 6.43. The third-order valence-electron chi connectivity index (χ3n) is 6.32. The molecule has 0 atom stereocenters. The molecule has 0 radical (unpaired) electrons. The maximum atomic E-state index is 15.1. The van der Waals surface area contributed by atoms with E-state index in [1.165, 1.54) is 6.07 Å². The average molecular weight is 527 g/mol. The Morgan fingerprint density at radius 1 is 1.11 bits per heavy atom. The van der Waals surface area contributed by atoms with Gasteiger partial charge in [-0.15, -0.1) is 11.8 Å². The number of methoxy groups -OCH3 is 1. The number of benzene rings is 2. The molecule has 3 aromatic rings. The van der Waals surface area contributed by atoms with Crippen molar-refractivity contribution in [2.24, 2.45) is 0 Å². The fraction of sp³-hybridized carbons (Fsp3) is 0.346. The zero-order valence-corrected chi connectivity index (χ0v) is 21.7. The van der Waals surface area contributed by atoms with Crippen LogP contribution in [0.15, 0.2) is 41.4 Å². The van der Waals surface area contributed by atoms with E-state index in [-0.39, 0.29) is 34.9 Å². The lowest BCUT2D eigenvalue weighted by Crippen LogP contribution is -2.43. The van der Waals surface area contributed by atoms with Gasteiger partial charge >= 0.3 is 0 Å². The van der Waals surface area contributed by atoms with Crippen molar-refractivity contribution in [2.75, 3.05) is 54.2 Å². The first-order chi connectivity index (χ1) is 17.9. The summed E-state index contributed by atoms with van der Waals surface area (Å²) in [6.45, 7) is 7.28. The van der Waals surface area contributed by atoms with Crippen molar-refractivity contribution in [3.8, 4) is 17.0 Å². The Kier molecular flexibility index (Phi) is 7.16. The third-order valence-corrected chi connectivity index (χ3v) is 7.40. The molecule has 2 aliphatic heterocycles. The van der Waals surface area contributed by atoms with E-state index in [1.807, 2.05) is 32.0 Å². The van der Waals surface area contributed by atoms with Gasteiger partial charge in [-0.2, -0.15) is 0 Å². The maximum absolute atomic E-state index is 15.1. The smallest absolute Gasteiger partial charge is 0.237 e. The van der Waals surface area contributed by atoms with Crippen molar-refractivity contribution in [3.63, 3.8) is 0 Å². The Balaban J connectivity index is 1.46. The van der Waals surface area contributed by atoms with Gasteiger partial charge in [0.25, 0.3) is 0 Å². The summed E-state index contributed by atoms with van der Waals surface area (Å²) in [4.78, 5) is 25.1. The first-order valence-electron chi connectivity index (χ1n) is 12.1. The normalized spacial score (nSPS) is 15.7. The van der Waals surface area contributed by atoms with Gasteiger partial charge in [0.05, 0.1) is 35.3 Å². The lowest BCUT2D eigenvalue weighted by molar-refractivity contribution is -0.116. The molecule has 5 rings (SSSR count). The van der Waals surface area contributed by atoms with E-state index in [0.29, 0.717) is 22.0 Å². The summed E-state index contributed by atoms with van der Waals surface area (Å²) in [5.41, 5.74) is 2.24. The number of aromatic nitrogens is 2. The van der Waals surface area contributed by atoms with Gasteiger partial charge in [0.1, 0.15) is 17.3 Å². The van der Waals surface area contributed by atoms with E-state index in [1.54, 1.807) is 18.1 Å². The molecule has 2 N–H and O–H groups in total. The van der Waals surface area contributed by atoms with E-state index in [4.69, 9.17) is 4.74 Å². The van der Waals surface area contributed by atoms with Crippen molar-refractivity contribution in [1.29, 1.82) is 0 Å². The highest BCUT2D eigenvalue weighted by Gasteiger charge is 2.30. The van der Waals surface area contributed by atoms with Crippen molar-refractivity contribution < 1.29 is 18.3 Å². The van der Waals surface area contributed by atoms with E-state index in [0.717, 1.165) is 49.8 Å². The second kappa shape index (κ2) is 10.5. The van der Waals surface area contributed by atoms with Crippen molar-refractivity contribution >= 4 is 40.7 Å². The van der Waals surface area contributed by atoms with Gasteiger partial charge in [0.15, 0.2) is 5.82 Å². The zero-order chi connectivity index (χ0) is 26.1. The monoisotopic (exact) mass is 526 g/mol. The number of fused-ring (bicyclic) bond motifs is 1. The highest BCUT2D eigenvalue weighted by Crippen LogP contribution is 2.41. The number of hydrogen-bond donors (Lipinski definition) is 2. The topological polar surface area (TPSA) is 82.6 Å². The molecule has 37 heavy (non-hydrogen) atoms. The maximum Gasteiger partial charge on any atom is 0.237 e. The zero-order valence-electron chi connectivity index (χ0n) is 20.8. The van der Waals surface area contributed by atoms with Crippen LogP contribution < -0.4 is 25.2 Å². The van der Waals surface area contributed by atoms with Crippen LogP contribution in [0.3, 0.4) is 0 Å². The number of hydrogen-bond acceptors (Lipinski definition) is 8. The van der Waals surface area contributed by atoms with Gasteiger partial charge in [0.2, 0.25) is 11.9 Å². The Morgan fingerprint density at radius 2 is 1.89 bits per heavy atom. The third kappa shape index (κ3) is 5.05. The van der Waals surface area contributed by atoms with Crippen LogP contribution >= 0.6 is 11.8 Å². The molecule has 0 bridgehead atoms. The Labute approximate surface area is 218 Å². The second-order valence-corrected chi connectivity index (χ2v) is 10.1. The van der Waals surface area contributed by atoms with Crippen LogP contribution in [-0.4, -0.2) is 61.0 Å². The Bertz CT molecular complexity index is 1330. The van der Waals surface area contributed by atoms with Gasteiger partial charge in [-0.3, -0.25) is 4.79 Å². The molecule has 1 fully saturated rings. The standard InChI is InChI=1S/C26H28F2N6O2S/c1-15(2)34-21-11-16(10-18(27)25(21)37-14-23(34)35)24-19(28)13-30-26(32-24)31-17-4-5-20(22(12-17)36-3)33-8-6-29-7-9-33/h4-5,10-13,15,29H,6-9,14H2,1-3H3,(H,30,31,32). The summed E-state index contributed by atoms with van der Waals surface area (Å²) in [6.07, 6.45) is 1.05. The molecule has 11 heteroatoms. The minimum absolute atomic E-state index is 0.0599. The average Bonchev–Trinajstić information content (AvgIpc) is 2.89. The predicted octanol–water partition coefficient (Wildman–Crippen LogP) is 4.43. The molecule has 0 spiro atoms. The molecule has 0 saturated carbocycles. The fourth-order valence-corrected chi connectivity index (χ4v) is 5.53. The van der Waals surface area contributed by atoms with Crippen LogP contribution in [0, 0.1) is 11.6 Å². The lowest BCUT2D eigenvalue weighted by Gasteiger charge is -2.32. The molecule has 3 heterocycles. The van der Waals surface area contributed by atoms with E-state index < -0.39 is 11.6 Å². The molecular weight excluding hydrogens is 498 g/mol. The molecule has 0 unspecified atom stereocenters. The van der Waals surface area contributed by atoms with Gasteiger partial charge in [-0.25, -0.2) is 18.7 Å². The number of anilines is 4. The Hall–Kier alpha value is -3.44. The summed E-state index contributed by atoms with van der Waals surface area (Å²) >= 11 is 1.15. The Morgan fingerprint density at radius 3 is 2.62 bits per heavy atom. The molecule has 1 saturated heterocycles. The SMILES string of the molecule is COc1cc(Nc2ncc(F)c(-c3cc(F)c4c(c3)N(C(C)C)C(=O)CS4)n2)ccc1N1CCNCC1. The fourth-order valence-electron chi connectivity index (χ4n) is 4.62. The molecule has 194 valence electrons. The van der Waals surface area contributed by atoms with Crippen LogP contribution in [0.2, 0.25) is 0 Å². The van der Waals surface area contributed by atoms with Crippen LogP contribution in [0.25, 0.3) is 11.3 Å². The van der Waals surface area contributed by atoms with Crippen LogP contribution in [-0.2, 0) is 4.79 Å². The molecule has 8 nitrogen and oxygen atoms in total. The number of nitrogens with one attached hydrogen (secondary N) is 2. The number of rotatable bonds is 6. The summed E-state index contributed by atoms with van der Waals surface area (Å²) < 4.78 is 35.6. The molecule has 2 aliphatic rings. The molecular formula is C26H28F2N6O2S. The van der Waals surface area contributed by atoms with Gasteiger partial charge < -0.3 is 25.2 Å². The minimum Gasteiger partial charge on any atom is -0.495 e. The predicted molar refractivity (Wildman–Crippen MR) is 142 cm³/mol. The molecule has 1 amide bonds. The van der Waals surface area contributed by atoms with Crippen LogP contribution in [0.1, 0.15) is 13.8 Å². The second-order valence-electron chi connectivity index (χ2n) is 9.09. The van der Waals surface area contributed by atoms with Gasteiger partial charge in [-0.1, -0.05) is 0 Å². The quantitative estimate of drug-likeness (QED) is 0.488. The summed E-state index contributed by atoms with van der Waals surface area (Å²) in [7, 11) is 1.62. The largest absolute Gasteiger partial charge is 0.495 e. The van der Waals surface area contributed by atoms with Crippen molar-refractivity contribution in [2.45, 2.75) is 24.8 Å². The minimum atomic E-state index is -0.692. The number of thioether (sulfide) groups is 1. The molecule has 0 aliphatic carbocycles. The number of halogens is 2. The number of nitrogens with zero attached hydrogens (tertiary/aromatic N) is 4. The highest BCUT2D eigenvalue weighted by molar-refractivity contribution is 8.00. The van der Waals surface area contributed by atoms with Crippen LogP contribution in [0.4, 0.5) is 31.8 Å². The van der Waals surface area contributed by atoms with E-state index in [9.17, 15) is 9.18 Å². The molecule has 1 aromatic heterocycles. The van der Waals surface area contributed by atoms with E-state index >= 15 is 4.39 Å².